The van der Waals surface area contributed by atoms with Crippen molar-refractivity contribution in [3.8, 4) is 23.0 Å². The second-order valence-corrected chi connectivity index (χ2v) is 5.65. The van der Waals surface area contributed by atoms with Gasteiger partial charge in [-0.25, -0.2) is 8.78 Å². The first-order chi connectivity index (χ1) is 11.2. The van der Waals surface area contributed by atoms with Crippen LogP contribution in [-0.2, 0) is 0 Å². The average Bonchev–Trinajstić information content (AvgIpc) is 3.30. The number of benzene rings is 1. The van der Waals surface area contributed by atoms with E-state index in [0.29, 0.717) is 17.5 Å². The lowest BCUT2D eigenvalue weighted by molar-refractivity contribution is 0.416. The zero-order chi connectivity index (χ0) is 15.8. The number of halogens is 2. The van der Waals surface area contributed by atoms with Crippen LogP contribution < -0.4 is 0 Å². The lowest BCUT2D eigenvalue weighted by Crippen LogP contribution is -2.08. The van der Waals surface area contributed by atoms with E-state index in [-0.39, 0.29) is 5.82 Å². The van der Waals surface area contributed by atoms with Crippen LogP contribution in [-0.4, -0.2) is 19.9 Å². The van der Waals surface area contributed by atoms with Crippen LogP contribution >= 0.6 is 0 Å². The summed E-state index contributed by atoms with van der Waals surface area (Å²) in [6.45, 7) is 0. The van der Waals surface area contributed by atoms with Crippen molar-refractivity contribution in [3.63, 3.8) is 0 Å². The predicted molar refractivity (Wildman–Crippen MR) is 78.4 cm³/mol. The molecule has 7 heteroatoms. The molecule has 23 heavy (non-hydrogen) atoms. The van der Waals surface area contributed by atoms with Crippen LogP contribution in [0.3, 0.4) is 0 Å². The number of aromatic nitrogens is 4. The Kier molecular flexibility index (Phi) is 3.40. The van der Waals surface area contributed by atoms with Gasteiger partial charge in [-0.2, -0.15) is 10.1 Å². The monoisotopic (exact) mass is 316 g/mol. The Labute approximate surface area is 130 Å². The van der Waals surface area contributed by atoms with Crippen LogP contribution in [0.5, 0.6) is 0 Å². The van der Waals surface area contributed by atoms with E-state index in [2.05, 4.69) is 15.2 Å². The molecular weight excluding hydrogens is 302 g/mol. The lowest BCUT2D eigenvalue weighted by atomic mass is 10.2. The highest BCUT2D eigenvalue weighted by Crippen LogP contribution is 2.33. The van der Waals surface area contributed by atoms with Gasteiger partial charge in [0.2, 0.25) is 5.82 Å². The van der Waals surface area contributed by atoms with Crippen LogP contribution in [0, 0.1) is 11.6 Å². The molecule has 0 bridgehead atoms. The Morgan fingerprint density at radius 2 is 1.91 bits per heavy atom. The second-order valence-electron chi connectivity index (χ2n) is 5.65. The number of rotatable bonds is 3. The summed E-state index contributed by atoms with van der Waals surface area (Å²) in [7, 11) is 0. The number of nitrogens with zero attached hydrogens (tertiary/aromatic N) is 4. The summed E-state index contributed by atoms with van der Waals surface area (Å²) in [4.78, 5) is 4.30. The molecule has 0 amide bonds. The smallest absolute Gasteiger partial charge is 0.276 e. The van der Waals surface area contributed by atoms with Gasteiger partial charge in [0, 0.05) is 11.8 Å². The van der Waals surface area contributed by atoms with E-state index >= 15 is 0 Å². The fourth-order valence-corrected chi connectivity index (χ4v) is 3.00. The SMILES string of the molecule is Fc1ccc(-c2noc(-c3ccnn3C3CCCC3)n2)cc1F. The van der Waals surface area contributed by atoms with Gasteiger partial charge in [-0.05, 0) is 37.1 Å². The van der Waals surface area contributed by atoms with Gasteiger partial charge in [0.05, 0.1) is 6.04 Å². The van der Waals surface area contributed by atoms with Crippen molar-refractivity contribution in [2.45, 2.75) is 31.7 Å². The molecule has 2 heterocycles. The van der Waals surface area contributed by atoms with Crippen LogP contribution in [0.4, 0.5) is 8.78 Å². The van der Waals surface area contributed by atoms with Gasteiger partial charge in [0.15, 0.2) is 11.6 Å². The summed E-state index contributed by atoms with van der Waals surface area (Å²) in [6.07, 6.45) is 6.24. The molecule has 118 valence electrons. The van der Waals surface area contributed by atoms with Crippen molar-refractivity contribution in [2.24, 2.45) is 0 Å². The van der Waals surface area contributed by atoms with E-state index in [1.807, 2.05) is 10.7 Å². The highest BCUT2D eigenvalue weighted by molar-refractivity contribution is 5.58. The third kappa shape index (κ3) is 2.52. The van der Waals surface area contributed by atoms with Crippen molar-refractivity contribution in [1.82, 2.24) is 19.9 Å². The molecule has 1 aliphatic carbocycles. The van der Waals surface area contributed by atoms with E-state index in [1.165, 1.54) is 18.9 Å². The Morgan fingerprint density at radius 1 is 1.09 bits per heavy atom. The zero-order valence-electron chi connectivity index (χ0n) is 12.2. The number of hydrogen-bond acceptors (Lipinski definition) is 4. The van der Waals surface area contributed by atoms with Gasteiger partial charge >= 0.3 is 0 Å². The highest BCUT2D eigenvalue weighted by Gasteiger charge is 2.23. The summed E-state index contributed by atoms with van der Waals surface area (Å²) < 4.78 is 33.6. The minimum absolute atomic E-state index is 0.220. The maximum Gasteiger partial charge on any atom is 0.276 e. The Bertz CT molecular complexity index is 836. The molecule has 0 radical (unpaired) electrons. The van der Waals surface area contributed by atoms with E-state index in [9.17, 15) is 8.78 Å². The first-order valence-corrected chi connectivity index (χ1v) is 7.55. The molecule has 0 N–H and O–H groups in total. The maximum absolute atomic E-state index is 13.3. The molecule has 0 saturated heterocycles. The summed E-state index contributed by atoms with van der Waals surface area (Å²) in [6, 6.07) is 5.68. The van der Waals surface area contributed by atoms with Crippen molar-refractivity contribution >= 4 is 0 Å². The second kappa shape index (κ2) is 5.57. The fraction of sp³-hybridized carbons (Fsp3) is 0.312. The molecule has 0 unspecified atom stereocenters. The minimum atomic E-state index is -0.940. The zero-order valence-corrected chi connectivity index (χ0v) is 12.2. The Morgan fingerprint density at radius 3 is 2.70 bits per heavy atom. The summed E-state index contributed by atoms with van der Waals surface area (Å²) in [5.74, 6) is -1.30. The van der Waals surface area contributed by atoms with E-state index < -0.39 is 11.6 Å². The predicted octanol–water partition coefficient (Wildman–Crippen LogP) is 3.99. The Hall–Kier alpha value is -2.57. The van der Waals surface area contributed by atoms with Gasteiger partial charge in [-0.15, -0.1) is 0 Å². The van der Waals surface area contributed by atoms with Gasteiger partial charge in [-0.1, -0.05) is 18.0 Å². The van der Waals surface area contributed by atoms with E-state index in [0.717, 1.165) is 30.7 Å². The molecule has 0 aliphatic heterocycles. The molecule has 5 nitrogen and oxygen atoms in total. The average molecular weight is 316 g/mol. The van der Waals surface area contributed by atoms with E-state index in [4.69, 9.17) is 4.52 Å². The van der Waals surface area contributed by atoms with Gasteiger partial charge in [0.25, 0.3) is 5.89 Å². The van der Waals surface area contributed by atoms with Crippen LogP contribution in [0.1, 0.15) is 31.7 Å². The highest BCUT2D eigenvalue weighted by atomic mass is 19.2. The number of hydrogen-bond donors (Lipinski definition) is 0. The lowest BCUT2D eigenvalue weighted by Gasteiger charge is -2.11. The first-order valence-electron chi connectivity index (χ1n) is 7.55. The van der Waals surface area contributed by atoms with Gasteiger partial charge in [-0.3, -0.25) is 4.68 Å². The maximum atomic E-state index is 13.3. The third-order valence-corrected chi connectivity index (χ3v) is 4.16. The molecular formula is C16H14F2N4O. The topological polar surface area (TPSA) is 56.7 Å². The van der Waals surface area contributed by atoms with Crippen LogP contribution in [0.25, 0.3) is 23.0 Å². The first kappa shape index (κ1) is 14.0. The summed E-state index contributed by atoms with van der Waals surface area (Å²) >= 11 is 0. The summed E-state index contributed by atoms with van der Waals surface area (Å²) in [5, 5.41) is 8.23. The standard InChI is InChI=1S/C16H14F2N4O/c17-12-6-5-10(9-13(12)18)15-20-16(23-21-15)14-7-8-19-22(14)11-3-1-2-4-11/h5-9,11H,1-4H2. The molecule has 4 rings (SSSR count). The molecule has 1 saturated carbocycles. The quantitative estimate of drug-likeness (QED) is 0.733. The minimum Gasteiger partial charge on any atom is -0.332 e. The molecule has 2 aromatic heterocycles. The van der Waals surface area contributed by atoms with Gasteiger partial charge < -0.3 is 4.52 Å². The van der Waals surface area contributed by atoms with E-state index in [1.54, 1.807) is 6.20 Å². The molecule has 1 aromatic carbocycles. The Balaban J connectivity index is 1.68. The van der Waals surface area contributed by atoms with Crippen molar-refractivity contribution in [3.05, 3.63) is 42.1 Å². The third-order valence-electron chi connectivity index (χ3n) is 4.16. The molecule has 1 fully saturated rings. The largest absolute Gasteiger partial charge is 0.332 e. The molecule has 1 aliphatic rings. The van der Waals surface area contributed by atoms with Crippen molar-refractivity contribution in [1.29, 1.82) is 0 Å². The fourth-order valence-electron chi connectivity index (χ4n) is 3.00. The van der Waals surface area contributed by atoms with Gasteiger partial charge in [0.1, 0.15) is 5.69 Å². The molecule has 3 aromatic rings. The van der Waals surface area contributed by atoms with Crippen molar-refractivity contribution < 1.29 is 13.3 Å². The summed E-state index contributed by atoms with van der Waals surface area (Å²) in [5.41, 5.74) is 1.11. The van der Waals surface area contributed by atoms with Crippen molar-refractivity contribution in [2.75, 3.05) is 0 Å². The van der Waals surface area contributed by atoms with Crippen LogP contribution in [0.2, 0.25) is 0 Å². The van der Waals surface area contributed by atoms with Crippen LogP contribution in [0.15, 0.2) is 35.0 Å². The normalized spacial score (nSPS) is 15.4. The molecule has 0 atom stereocenters. The molecule has 0 spiro atoms.